The van der Waals surface area contributed by atoms with Crippen molar-refractivity contribution in [1.82, 2.24) is 5.43 Å². The minimum absolute atomic E-state index is 0.0405. The second-order valence-corrected chi connectivity index (χ2v) is 10.8. The molecule has 0 fully saturated rings. The summed E-state index contributed by atoms with van der Waals surface area (Å²) in [6.45, 7) is 1.89. The van der Waals surface area contributed by atoms with Gasteiger partial charge in [-0.25, -0.2) is 13.8 Å². The summed E-state index contributed by atoms with van der Waals surface area (Å²) >= 11 is 0. The Labute approximate surface area is 229 Å². The van der Waals surface area contributed by atoms with E-state index in [9.17, 15) is 13.2 Å². The molecule has 4 rings (SSSR count). The van der Waals surface area contributed by atoms with Gasteiger partial charge in [-0.3, -0.25) is 9.10 Å². The number of hydrogen-bond acceptors (Lipinski definition) is 5. The van der Waals surface area contributed by atoms with Crippen LogP contribution in [-0.4, -0.2) is 27.1 Å². The van der Waals surface area contributed by atoms with E-state index in [1.165, 1.54) is 29.1 Å². The molecule has 200 valence electrons. The van der Waals surface area contributed by atoms with Crippen LogP contribution in [0.4, 0.5) is 5.69 Å². The van der Waals surface area contributed by atoms with E-state index in [1.807, 2.05) is 67.6 Å². The number of amides is 1. The molecule has 0 bridgehead atoms. The topological polar surface area (TPSA) is 88.1 Å². The van der Waals surface area contributed by atoms with Gasteiger partial charge in [0.25, 0.3) is 15.9 Å². The van der Waals surface area contributed by atoms with Gasteiger partial charge in [-0.1, -0.05) is 72.8 Å². The van der Waals surface area contributed by atoms with Crippen LogP contribution in [0.1, 0.15) is 34.8 Å². The summed E-state index contributed by atoms with van der Waals surface area (Å²) < 4.78 is 34.3. The van der Waals surface area contributed by atoms with Crippen molar-refractivity contribution in [3.05, 3.63) is 126 Å². The highest BCUT2D eigenvalue weighted by atomic mass is 32.2. The predicted octanol–water partition coefficient (Wildman–Crippen LogP) is 5.83. The van der Waals surface area contributed by atoms with E-state index in [0.717, 1.165) is 17.7 Å². The third-order valence-corrected chi connectivity index (χ3v) is 7.97. The van der Waals surface area contributed by atoms with Crippen molar-refractivity contribution in [2.75, 3.05) is 11.4 Å². The van der Waals surface area contributed by atoms with Crippen LogP contribution < -0.4 is 14.5 Å². The molecule has 0 atom stereocenters. The number of nitrogens with one attached hydrogen (secondary N) is 1. The van der Waals surface area contributed by atoms with Crippen LogP contribution in [0.3, 0.4) is 0 Å². The number of carbonyl (C=O) groups is 1. The fraction of sp³-hybridized carbons (Fsp3) is 0.161. The number of para-hydroxylation sites is 1. The van der Waals surface area contributed by atoms with E-state index in [1.54, 1.807) is 36.4 Å². The molecule has 8 heteroatoms. The van der Waals surface area contributed by atoms with Gasteiger partial charge in [0.05, 0.1) is 29.8 Å². The lowest BCUT2D eigenvalue weighted by atomic mass is 10.1. The zero-order valence-corrected chi connectivity index (χ0v) is 22.8. The minimum atomic E-state index is -4.04. The van der Waals surface area contributed by atoms with Gasteiger partial charge in [0.1, 0.15) is 5.75 Å². The highest BCUT2D eigenvalue weighted by Crippen LogP contribution is 2.30. The summed E-state index contributed by atoms with van der Waals surface area (Å²) in [7, 11) is -2.52. The average Bonchev–Trinajstić information content (AvgIpc) is 2.98. The number of aryl methyl sites for hydroxylation is 1. The van der Waals surface area contributed by atoms with Gasteiger partial charge in [0, 0.05) is 5.71 Å². The van der Waals surface area contributed by atoms with Crippen molar-refractivity contribution in [2.24, 2.45) is 5.10 Å². The molecule has 39 heavy (non-hydrogen) atoms. The normalized spacial score (nSPS) is 11.6. The monoisotopic (exact) mass is 541 g/mol. The number of benzene rings is 4. The first-order chi connectivity index (χ1) is 18.9. The quantitative estimate of drug-likeness (QED) is 0.191. The van der Waals surface area contributed by atoms with Crippen molar-refractivity contribution in [2.45, 2.75) is 31.2 Å². The highest BCUT2D eigenvalue weighted by Gasteiger charge is 2.28. The maximum Gasteiger partial charge on any atom is 0.273 e. The summed E-state index contributed by atoms with van der Waals surface area (Å²) in [6, 6.07) is 32.1. The second kappa shape index (κ2) is 12.9. The van der Waals surface area contributed by atoms with Gasteiger partial charge in [-0.2, -0.15) is 5.10 Å². The number of hydrazone groups is 1. The Hall–Kier alpha value is -4.43. The predicted molar refractivity (Wildman–Crippen MR) is 155 cm³/mol. The zero-order chi connectivity index (χ0) is 27.7. The van der Waals surface area contributed by atoms with Crippen molar-refractivity contribution in [1.29, 1.82) is 0 Å². The fourth-order valence-electron chi connectivity index (χ4n) is 4.04. The molecule has 1 N–H and O–H groups in total. The molecule has 4 aromatic rings. The van der Waals surface area contributed by atoms with E-state index in [0.29, 0.717) is 12.2 Å². The lowest BCUT2D eigenvalue weighted by molar-refractivity contribution is 0.0955. The van der Waals surface area contributed by atoms with Crippen LogP contribution in [0.5, 0.6) is 5.75 Å². The molecule has 4 aromatic carbocycles. The van der Waals surface area contributed by atoms with Gasteiger partial charge in [-0.15, -0.1) is 0 Å². The van der Waals surface area contributed by atoms with Crippen LogP contribution in [0.2, 0.25) is 0 Å². The molecular weight excluding hydrogens is 510 g/mol. The number of methoxy groups -OCH3 is 1. The fourth-order valence-corrected chi connectivity index (χ4v) is 5.51. The Morgan fingerprint density at radius 1 is 0.821 bits per heavy atom. The summed E-state index contributed by atoms with van der Waals surface area (Å²) in [5.41, 5.74) is 5.79. The molecule has 0 aromatic heterocycles. The number of carbonyl (C=O) groups excluding carboxylic acids is 1. The van der Waals surface area contributed by atoms with Crippen LogP contribution >= 0.6 is 0 Å². The number of ether oxygens (including phenoxy) is 1. The largest absolute Gasteiger partial charge is 0.497 e. The third-order valence-electron chi connectivity index (χ3n) is 6.20. The van der Waals surface area contributed by atoms with E-state index in [4.69, 9.17) is 4.74 Å². The molecule has 7 nitrogen and oxygen atoms in total. The van der Waals surface area contributed by atoms with E-state index in [2.05, 4.69) is 10.5 Å². The van der Waals surface area contributed by atoms with Crippen molar-refractivity contribution < 1.29 is 17.9 Å². The molecule has 0 saturated carbocycles. The van der Waals surface area contributed by atoms with Gasteiger partial charge in [0.2, 0.25) is 0 Å². The lowest BCUT2D eigenvalue weighted by Gasteiger charge is -2.26. The van der Waals surface area contributed by atoms with Crippen molar-refractivity contribution >= 4 is 27.3 Å². The molecule has 0 saturated heterocycles. The van der Waals surface area contributed by atoms with Gasteiger partial charge < -0.3 is 4.74 Å². The van der Waals surface area contributed by atoms with Crippen LogP contribution in [-0.2, 0) is 23.0 Å². The SMILES string of the molecule is COc1ccc(S(=O)(=O)N(Cc2ccccc2)c2ccccc2C(=O)N/N=C(\C)CCc2ccccc2)cc1. The Kier molecular flexibility index (Phi) is 9.12. The van der Waals surface area contributed by atoms with Crippen LogP contribution in [0, 0.1) is 0 Å². The van der Waals surface area contributed by atoms with Crippen LogP contribution in [0.25, 0.3) is 0 Å². The Morgan fingerprint density at radius 2 is 1.41 bits per heavy atom. The Balaban J connectivity index is 1.63. The standard InChI is InChI=1S/C31H31N3O4S/c1-24(17-18-25-11-5-3-6-12-25)32-33-31(35)29-15-9-10-16-30(29)34(23-26-13-7-4-8-14-26)39(36,37)28-21-19-27(38-2)20-22-28/h3-16,19-22H,17-18,23H2,1-2H3,(H,33,35)/b32-24+. The summed E-state index contributed by atoms with van der Waals surface area (Å²) in [5.74, 6) is 0.0523. The maximum absolute atomic E-state index is 13.9. The first-order valence-electron chi connectivity index (χ1n) is 12.6. The summed E-state index contributed by atoms with van der Waals surface area (Å²) in [6.07, 6.45) is 1.48. The summed E-state index contributed by atoms with van der Waals surface area (Å²) in [5, 5.41) is 4.27. The molecule has 0 aliphatic rings. The van der Waals surface area contributed by atoms with Gasteiger partial charge in [-0.05, 0) is 67.3 Å². The summed E-state index contributed by atoms with van der Waals surface area (Å²) in [4.78, 5) is 13.4. The Bertz CT molecular complexity index is 1520. The zero-order valence-electron chi connectivity index (χ0n) is 21.9. The van der Waals surface area contributed by atoms with Crippen LogP contribution in [0.15, 0.2) is 119 Å². The molecular formula is C31H31N3O4S. The minimum Gasteiger partial charge on any atom is -0.497 e. The van der Waals surface area contributed by atoms with Gasteiger partial charge in [0.15, 0.2) is 0 Å². The average molecular weight is 542 g/mol. The molecule has 0 unspecified atom stereocenters. The number of nitrogens with zero attached hydrogens (tertiary/aromatic N) is 2. The molecule has 0 aliphatic heterocycles. The Morgan fingerprint density at radius 3 is 2.05 bits per heavy atom. The molecule has 0 spiro atoms. The number of anilines is 1. The number of sulfonamides is 1. The smallest absolute Gasteiger partial charge is 0.273 e. The highest BCUT2D eigenvalue weighted by molar-refractivity contribution is 7.92. The van der Waals surface area contributed by atoms with E-state index < -0.39 is 15.9 Å². The molecule has 1 amide bonds. The first kappa shape index (κ1) is 27.6. The first-order valence-corrected chi connectivity index (χ1v) is 14.0. The number of hydrogen-bond donors (Lipinski definition) is 1. The second-order valence-electron chi connectivity index (χ2n) is 8.96. The molecule has 0 aliphatic carbocycles. The van der Waals surface area contributed by atoms with Crippen molar-refractivity contribution in [3.8, 4) is 5.75 Å². The van der Waals surface area contributed by atoms with E-state index >= 15 is 0 Å². The van der Waals surface area contributed by atoms with Crippen molar-refractivity contribution in [3.63, 3.8) is 0 Å². The maximum atomic E-state index is 13.9. The molecule has 0 radical (unpaired) electrons. The third kappa shape index (κ3) is 7.12. The number of rotatable bonds is 11. The lowest BCUT2D eigenvalue weighted by Crippen LogP contribution is -2.33. The van der Waals surface area contributed by atoms with Gasteiger partial charge >= 0.3 is 0 Å². The van der Waals surface area contributed by atoms with E-state index in [-0.39, 0.29) is 22.7 Å². The molecule has 0 heterocycles.